The Morgan fingerprint density at radius 1 is 1.53 bits per heavy atom. The number of nitrogens with two attached hydrogens (primary N) is 1. The van der Waals surface area contributed by atoms with E-state index in [2.05, 4.69) is 0 Å². The zero-order valence-electron chi connectivity index (χ0n) is 10.1. The van der Waals surface area contributed by atoms with E-state index < -0.39 is 0 Å². The maximum absolute atomic E-state index is 12.3. The lowest BCUT2D eigenvalue weighted by atomic mass is 10.1. The normalized spacial score (nSPS) is 24.1. The molecule has 2 rings (SSSR count). The third-order valence-electron chi connectivity index (χ3n) is 3.43. The average Bonchev–Trinajstić information content (AvgIpc) is 2.59. The molecule has 0 saturated carbocycles. The van der Waals surface area contributed by atoms with Crippen molar-refractivity contribution < 1.29 is 4.79 Å². The predicted octanol–water partition coefficient (Wildman–Crippen LogP) is 2.21. The fourth-order valence-corrected chi connectivity index (χ4v) is 2.51. The maximum atomic E-state index is 12.3. The number of benzene rings is 1. The topological polar surface area (TPSA) is 46.3 Å². The average molecular weight is 253 g/mol. The number of aryl methyl sites for hydroxylation is 1. The zero-order valence-corrected chi connectivity index (χ0v) is 10.9. The van der Waals surface area contributed by atoms with Gasteiger partial charge in [0.05, 0.1) is 10.6 Å². The summed E-state index contributed by atoms with van der Waals surface area (Å²) in [6.45, 7) is 4.65. The van der Waals surface area contributed by atoms with E-state index in [9.17, 15) is 4.79 Å². The number of carbonyl (C=O) groups is 1. The number of amides is 1. The minimum absolute atomic E-state index is 0.0181. The molecule has 1 saturated heterocycles. The van der Waals surface area contributed by atoms with E-state index in [0.29, 0.717) is 17.1 Å². The first-order valence-electron chi connectivity index (χ1n) is 5.83. The van der Waals surface area contributed by atoms with Gasteiger partial charge >= 0.3 is 0 Å². The molecule has 0 spiro atoms. The van der Waals surface area contributed by atoms with Crippen LogP contribution in [0.5, 0.6) is 0 Å². The summed E-state index contributed by atoms with van der Waals surface area (Å²) in [7, 11) is 0. The van der Waals surface area contributed by atoms with E-state index in [1.165, 1.54) is 0 Å². The number of hydrogen-bond acceptors (Lipinski definition) is 2. The Labute approximate surface area is 107 Å². The van der Waals surface area contributed by atoms with Crippen molar-refractivity contribution in [2.24, 2.45) is 5.73 Å². The molecule has 0 radical (unpaired) electrons. The largest absolute Gasteiger partial charge is 0.334 e. The van der Waals surface area contributed by atoms with Crippen molar-refractivity contribution in [3.63, 3.8) is 0 Å². The first-order valence-corrected chi connectivity index (χ1v) is 6.21. The number of carbonyl (C=O) groups excluding carboxylic acids is 1. The summed E-state index contributed by atoms with van der Waals surface area (Å²) < 4.78 is 0. The molecule has 1 aliphatic rings. The summed E-state index contributed by atoms with van der Waals surface area (Å²) in [6, 6.07) is 5.66. The second-order valence-electron chi connectivity index (χ2n) is 4.67. The maximum Gasteiger partial charge on any atom is 0.255 e. The number of halogens is 1. The van der Waals surface area contributed by atoms with Crippen molar-refractivity contribution in [1.29, 1.82) is 0 Å². The molecule has 4 heteroatoms. The van der Waals surface area contributed by atoms with Crippen molar-refractivity contribution in [2.45, 2.75) is 32.4 Å². The van der Waals surface area contributed by atoms with Gasteiger partial charge in [-0.1, -0.05) is 17.7 Å². The summed E-state index contributed by atoms with van der Waals surface area (Å²) in [4.78, 5) is 14.1. The molecule has 17 heavy (non-hydrogen) atoms. The highest BCUT2D eigenvalue weighted by Crippen LogP contribution is 2.24. The van der Waals surface area contributed by atoms with Gasteiger partial charge in [-0.15, -0.1) is 0 Å². The number of rotatable bonds is 1. The van der Waals surface area contributed by atoms with Crippen LogP contribution in [0.15, 0.2) is 18.2 Å². The van der Waals surface area contributed by atoms with Crippen molar-refractivity contribution >= 4 is 17.5 Å². The van der Waals surface area contributed by atoms with Crippen LogP contribution < -0.4 is 5.73 Å². The van der Waals surface area contributed by atoms with E-state index >= 15 is 0 Å². The summed E-state index contributed by atoms with van der Waals surface area (Å²) >= 11 is 6.11. The molecular formula is C13H17ClN2O. The highest BCUT2D eigenvalue weighted by molar-refractivity contribution is 6.33. The second-order valence-corrected chi connectivity index (χ2v) is 5.08. The van der Waals surface area contributed by atoms with Gasteiger partial charge in [0.1, 0.15) is 0 Å². The zero-order chi connectivity index (χ0) is 12.6. The molecule has 2 atom stereocenters. The monoisotopic (exact) mass is 252 g/mol. The lowest BCUT2D eigenvalue weighted by molar-refractivity contribution is 0.0743. The van der Waals surface area contributed by atoms with Crippen LogP contribution in [0.3, 0.4) is 0 Å². The Morgan fingerprint density at radius 3 is 2.76 bits per heavy atom. The van der Waals surface area contributed by atoms with Crippen LogP contribution in [-0.4, -0.2) is 29.4 Å². The first kappa shape index (κ1) is 12.4. The molecule has 3 nitrogen and oxygen atoms in total. The van der Waals surface area contributed by atoms with Crippen LogP contribution in [-0.2, 0) is 0 Å². The van der Waals surface area contributed by atoms with Crippen LogP contribution in [0, 0.1) is 6.92 Å². The quantitative estimate of drug-likeness (QED) is 0.833. The van der Waals surface area contributed by atoms with Gasteiger partial charge in [0.2, 0.25) is 0 Å². The fourth-order valence-electron chi connectivity index (χ4n) is 2.20. The second kappa shape index (κ2) is 4.67. The SMILES string of the molecule is Cc1ccc(C(=O)N2CCC(N)C2C)c(Cl)c1. The van der Waals surface area contributed by atoms with Crippen molar-refractivity contribution in [2.75, 3.05) is 6.54 Å². The van der Waals surface area contributed by atoms with Crippen LogP contribution >= 0.6 is 11.6 Å². The number of likely N-dealkylation sites (tertiary alicyclic amines) is 1. The van der Waals surface area contributed by atoms with Crippen molar-refractivity contribution in [3.05, 3.63) is 34.3 Å². The molecule has 1 aromatic rings. The summed E-state index contributed by atoms with van der Waals surface area (Å²) in [5.41, 5.74) is 7.54. The van der Waals surface area contributed by atoms with Crippen molar-refractivity contribution in [3.8, 4) is 0 Å². The number of hydrogen-bond donors (Lipinski definition) is 1. The van der Waals surface area contributed by atoms with Crippen LogP contribution in [0.4, 0.5) is 0 Å². The van der Waals surface area contributed by atoms with E-state index in [1.54, 1.807) is 11.0 Å². The van der Waals surface area contributed by atoms with Gasteiger partial charge in [-0.05, 0) is 38.0 Å². The van der Waals surface area contributed by atoms with Gasteiger partial charge in [-0.25, -0.2) is 0 Å². The molecule has 2 unspecified atom stereocenters. The molecule has 0 aliphatic carbocycles. The lowest BCUT2D eigenvalue weighted by Crippen LogP contribution is -2.40. The molecule has 1 fully saturated rings. The Hall–Kier alpha value is -1.06. The van der Waals surface area contributed by atoms with Gasteiger partial charge in [0.25, 0.3) is 5.91 Å². The summed E-state index contributed by atoms with van der Waals surface area (Å²) in [5.74, 6) is -0.0181. The number of nitrogens with zero attached hydrogens (tertiary/aromatic N) is 1. The molecular weight excluding hydrogens is 236 g/mol. The van der Waals surface area contributed by atoms with E-state index in [4.69, 9.17) is 17.3 Å². The predicted molar refractivity (Wildman–Crippen MR) is 69.3 cm³/mol. The summed E-state index contributed by atoms with van der Waals surface area (Å²) in [6.07, 6.45) is 0.858. The minimum atomic E-state index is -0.0181. The molecule has 92 valence electrons. The third kappa shape index (κ3) is 2.31. The third-order valence-corrected chi connectivity index (χ3v) is 3.74. The Balaban J connectivity index is 2.26. The Kier molecular flexibility index (Phi) is 3.40. The molecule has 1 amide bonds. The van der Waals surface area contributed by atoms with Gasteiger partial charge in [0, 0.05) is 18.6 Å². The first-order chi connectivity index (χ1) is 8.00. The highest BCUT2D eigenvalue weighted by Gasteiger charge is 2.32. The smallest absolute Gasteiger partial charge is 0.255 e. The lowest BCUT2D eigenvalue weighted by Gasteiger charge is -2.23. The molecule has 0 bridgehead atoms. The van der Waals surface area contributed by atoms with Gasteiger partial charge < -0.3 is 10.6 Å². The van der Waals surface area contributed by atoms with Crippen LogP contribution in [0.1, 0.15) is 29.3 Å². The highest BCUT2D eigenvalue weighted by atomic mass is 35.5. The molecule has 1 heterocycles. The van der Waals surface area contributed by atoms with Gasteiger partial charge in [-0.3, -0.25) is 4.79 Å². The molecule has 1 aliphatic heterocycles. The van der Waals surface area contributed by atoms with E-state index in [0.717, 1.165) is 12.0 Å². The molecule has 0 aromatic heterocycles. The Bertz CT molecular complexity index is 447. The van der Waals surface area contributed by atoms with Crippen LogP contribution in [0.25, 0.3) is 0 Å². The summed E-state index contributed by atoms with van der Waals surface area (Å²) in [5, 5.41) is 0.516. The van der Waals surface area contributed by atoms with Crippen LogP contribution in [0.2, 0.25) is 5.02 Å². The molecule has 2 N–H and O–H groups in total. The minimum Gasteiger partial charge on any atom is -0.334 e. The fraction of sp³-hybridized carbons (Fsp3) is 0.462. The van der Waals surface area contributed by atoms with Crippen molar-refractivity contribution in [1.82, 2.24) is 4.90 Å². The molecule has 1 aromatic carbocycles. The standard InChI is InChI=1S/C13H17ClN2O/c1-8-3-4-10(11(14)7-8)13(17)16-6-5-12(15)9(16)2/h3-4,7,9,12H,5-6,15H2,1-2H3. The van der Waals surface area contributed by atoms with Gasteiger partial charge in [-0.2, -0.15) is 0 Å². The van der Waals surface area contributed by atoms with E-state index in [-0.39, 0.29) is 18.0 Å². The van der Waals surface area contributed by atoms with Gasteiger partial charge in [0.15, 0.2) is 0 Å². The Morgan fingerprint density at radius 2 is 2.24 bits per heavy atom. The van der Waals surface area contributed by atoms with E-state index in [1.807, 2.05) is 26.0 Å².